The van der Waals surface area contributed by atoms with Crippen molar-refractivity contribution in [3.63, 3.8) is 0 Å². The highest BCUT2D eigenvalue weighted by molar-refractivity contribution is 6.30. The number of carbonyl (C=O) groups is 1. The molecule has 0 aliphatic rings. The fourth-order valence-electron chi connectivity index (χ4n) is 2.85. The fraction of sp³-hybridized carbons (Fsp3) is 0.200. The van der Waals surface area contributed by atoms with Gasteiger partial charge < -0.3 is 4.90 Å². The molecule has 0 spiro atoms. The maximum atomic E-state index is 12.6. The van der Waals surface area contributed by atoms with Gasteiger partial charge in [-0.2, -0.15) is 5.10 Å². The average molecular weight is 354 g/mol. The number of benzene rings is 2. The molecule has 0 saturated heterocycles. The highest BCUT2D eigenvalue weighted by Crippen LogP contribution is 2.20. The minimum Gasteiger partial charge on any atom is -0.337 e. The number of aryl methyl sites for hydroxylation is 1. The molecular weight excluding hydrogens is 334 g/mol. The first kappa shape index (κ1) is 17.2. The number of nitrogens with zero attached hydrogens (tertiary/aromatic N) is 3. The molecule has 0 radical (unpaired) electrons. The van der Waals surface area contributed by atoms with E-state index in [1.54, 1.807) is 36.2 Å². The standard InChI is InChI=1S/C20H20ClN3O/c1-14-19(15(2)24(22-14)18-7-5-4-6-8-18)13-23(3)20(25)16-9-11-17(21)12-10-16/h4-12H,13H2,1-3H3. The van der Waals surface area contributed by atoms with Crippen LogP contribution in [-0.4, -0.2) is 27.6 Å². The van der Waals surface area contributed by atoms with E-state index in [1.807, 2.05) is 48.9 Å². The molecule has 5 heteroatoms. The molecule has 1 aromatic heterocycles. The highest BCUT2D eigenvalue weighted by atomic mass is 35.5. The van der Waals surface area contributed by atoms with E-state index in [0.717, 1.165) is 22.6 Å². The lowest BCUT2D eigenvalue weighted by Crippen LogP contribution is -2.26. The van der Waals surface area contributed by atoms with Gasteiger partial charge in [0.25, 0.3) is 5.91 Å². The molecule has 0 aliphatic heterocycles. The molecule has 0 unspecified atom stereocenters. The molecule has 0 saturated carbocycles. The van der Waals surface area contributed by atoms with Crippen molar-refractivity contribution in [3.05, 3.63) is 82.1 Å². The quantitative estimate of drug-likeness (QED) is 0.696. The van der Waals surface area contributed by atoms with Crippen molar-refractivity contribution in [3.8, 4) is 5.69 Å². The van der Waals surface area contributed by atoms with Crippen LogP contribution in [0.3, 0.4) is 0 Å². The molecule has 1 heterocycles. The molecule has 3 rings (SSSR count). The Kier molecular flexibility index (Phi) is 4.91. The highest BCUT2D eigenvalue weighted by Gasteiger charge is 2.18. The van der Waals surface area contributed by atoms with Crippen LogP contribution in [0.15, 0.2) is 54.6 Å². The monoisotopic (exact) mass is 353 g/mol. The van der Waals surface area contributed by atoms with E-state index in [1.165, 1.54) is 0 Å². The maximum absolute atomic E-state index is 12.6. The third-order valence-corrected chi connectivity index (χ3v) is 4.53. The van der Waals surface area contributed by atoms with Crippen molar-refractivity contribution in [1.29, 1.82) is 0 Å². The zero-order valence-corrected chi connectivity index (χ0v) is 15.3. The number of para-hydroxylation sites is 1. The van der Waals surface area contributed by atoms with E-state index in [9.17, 15) is 4.79 Å². The molecular formula is C20H20ClN3O. The van der Waals surface area contributed by atoms with Gasteiger partial charge in [-0.15, -0.1) is 0 Å². The second-order valence-electron chi connectivity index (χ2n) is 6.06. The summed E-state index contributed by atoms with van der Waals surface area (Å²) in [6, 6.07) is 16.9. The zero-order valence-electron chi connectivity index (χ0n) is 14.5. The first-order valence-corrected chi connectivity index (χ1v) is 8.46. The minimum atomic E-state index is -0.0390. The van der Waals surface area contributed by atoms with Crippen molar-refractivity contribution in [2.75, 3.05) is 7.05 Å². The fourth-order valence-corrected chi connectivity index (χ4v) is 2.97. The van der Waals surface area contributed by atoms with Gasteiger partial charge >= 0.3 is 0 Å². The Morgan fingerprint density at radius 1 is 1.08 bits per heavy atom. The normalized spacial score (nSPS) is 10.7. The smallest absolute Gasteiger partial charge is 0.253 e. The van der Waals surface area contributed by atoms with Crippen molar-refractivity contribution < 1.29 is 4.79 Å². The van der Waals surface area contributed by atoms with Crippen molar-refractivity contribution in [2.45, 2.75) is 20.4 Å². The van der Waals surface area contributed by atoms with E-state index >= 15 is 0 Å². The zero-order chi connectivity index (χ0) is 18.0. The lowest BCUT2D eigenvalue weighted by molar-refractivity contribution is 0.0785. The number of aromatic nitrogens is 2. The molecule has 0 N–H and O–H groups in total. The third kappa shape index (κ3) is 3.59. The second kappa shape index (κ2) is 7.11. The van der Waals surface area contributed by atoms with Crippen LogP contribution in [0.4, 0.5) is 0 Å². The Balaban J connectivity index is 1.84. The van der Waals surface area contributed by atoms with E-state index < -0.39 is 0 Å². The van der Waals surface area contributed by atoms with Crippen LogP contribution in [0, 0.1) is 13.8 Å². The van der Waals surface area contributed by atoms with Crippen molar-refractivity contribution in [1.82, 2.24) is 14.7 Å². The summed E-state index contributed by atoms with van der Waals surface area (Å²) < 4.78 is 1.92. The van der Waals surface area contributed by atoms with Crippen LogP contribution in [0.1, 0.15) is 27.3 Å². The molecule has 0 atom stereocenters. The van der Waals surface area contributed by atoms with E-state index in [2.05, 4.69) is 5.10 Å². The Bertz CT molecular complexity index is 885. The average Bonchev–Trinajstić information content (AvgIpc) is 2.90. The summed E-state index contributed by atoms with van der Waals surface area (Å²) in [6.45, 7) is 4.51. The second-order valence-corrected chi connectivity index (χ2v) is 6.50. The van der Waals surface area contributed by atoms with Gasteiger partial charge in [0.2, 0.25) is 0 Å². The topological polar surface area (TPSA) is 38.1 Å². The number of amides is 1. The largest absolute Gasteiger partial charge is 0.337 e. The van der Waals surface area contributed by atoms with Gasteiger partial charge in [0.15, 0.2) is 0 Å². The van der Waals surface area contributed by atoms with Crippen LogP contribution < -0.4 is 0 Å². The number of halogens is 1. The Morgan fingerprint density at radius 3 is 2.36 bits per heavy atom. The lowest BCUT2D eigenvalue weighted by Gasteiger charge is -2.18. The number of hydrogen-bond donors (Lipinski definition) is 0. The van der Waals surface area contributed by atoms with Crippen LogP contribution in [0.25, 0.3) is 5.69 Å². The third-order valence-electron chi connectivity index (χ3n) is 4.28. The molecule has 3 aromatic rings. The van der Waals surface area contributed by atoms with E-state index in [0.29, 0.717) is 17.1 Å². The van der Waals surface area contributed by atoms with E-state index in [-0.39, 0.29) is 5.91 Å². The Morgan fingerprint density at radius 2 is 1.72 bits per heavy atom. The summed E-state index contributed by atoms with van der Waals surface area (Å²) in [5.74, 6) is -0.0390. The molecule has 2 aromatic carbocycles. The van der Waals surface area contributed by atoms with E-state index in [4.69, 9.17) is 11.6 Å². The summed E-state index contributed by atoms with van der Waals surface area (Å²) in [5, 5.41) is 5.26. The first-order valence-electron chi connectivity index (χ1n) is 8.09. The summed E-state index contributed by atoms with van der Waals surface area (Å²) in [6.07, 6.45) is 0. The molecule has 128 valence electrons. The van der Waals surface area contributed by atoms with Crippen molar-refractivity contribution >= 4 is 17.5 Å². The molecule has 25 heavy (non-hydrogen) atoms. The van der Waals surface area contributed by atoms with Gasteiger partial charge in [0.05, 0.1) is 11.4 Å². The van der Waals surface area contributed by atoms with Gasteiger partial charge in [0.1, 0.15) is 0 Å². The van der Waals surface area contributed by atoms with Gasteiger partial charge in [-0.05, 0) is 50.2 Å². The molecule has 0 bridgehead atoms. The van der Waals surface area contributed by atoms with Gasteiger partial charge in [-0.25, -0.2) is 4.68 Å². The summed E-state index contributed by atoms with van der Waals surface area (Å²) in [7, 11) is 1.80. The van der Waals surface area contributed by atoms with Crippen LogP contribution >= 0.6 is 11.6 Å². The Hall–Kier alpha value is -2.59. The van der Waals surface area contributed by atoms with Crippen LogP contribution in [-0.2, 0) is 6.54 Å². The summed E-state index contributed by atoms with van der Waals surface area (Å²) >= 11 is 5.89. The molecule has 0 aliphatic carbocycles. The number of carbonyl (C=O) groups excluding carboxylic acids is 1. The molecule has 1 amide bonds. The van der Waals surface area contributed by atoms with Gasteiger partial charge in [-0.1, -0.05) is 29.8 Å². The Labute approximate surface area is 152 Å². The van der Waals surface area contributed by atoms with Crippen LogP contribution in [0.5, 0.6) is 0 Å². The summed E-state index contributed by atoms with van der Waals surface area (Å²) in [5.41, 5.74) is 4.67. The number of hydrogen-bond acceptors (Lipinski definition) is 2. The first-order chi connectivity index (χ1) is 12.0. The minimum absolute atomic E-state index is 0.0390. The van der Waals surface area contributed by atoms with Gasteiger partial charge in [0, 0.05) is 35.4 Å². The lowest BCUT2D eigenvalue weighted by atomic mass is 10.1. The summed E-state index contributed by atoms with van der Waals surface area (Å²) in [4.78, 5) is 14.3. The van der Waals surface area contributed by atoms with Crippen LogP contribution in [0.2, 0.25) is 5.02 Å². The number of rotatable bonds is 4. The van der Waals surface area contributed by atoms with Gasteiger partial charge in [-0.3, -0.25) is 4.79 Å². The molecule has 4 nitrogen and oxygen atoms in total. The predicted octanol–water partition coefficient (Wildman–Crippen LogP) is 4.41. The predicted molar refractivity (Wildman–Crippen MR) is 100 cm³/mol. The van der Waals surface area contributed by atoms with Crippen molar-refractivity contribution in [2.24, 2.45) is 0 Å². The SMILES string of the molecule is Cc1nn(-c2ccccc2)c(C)c1CN(C)C(=O)c1ccc(Cl)cc1. The maximum Gasteiger partial charge on any atom is 0.253 e. The molecule has 0 fully saturated rings.